The lowest BCUT2D eigenvalue weighted by atomic mass is 10.2. The fourth-order valence-electron chi connectivity index (χ4n) is 2.29. The van der Waals surface area contributed by atoms with E-state index in [2.05, 4.69) is 16.8 Å². The van der Waals surface area contributed by atoms with Crippen LogP contribution in [0.1, 0.15) is 38.0 Å². The summed E-state index contributed by atoms with van der Waals surface area (Å²) in [4.78, 5) is 33.2. The lowest BCUT2D eigenvalue weighted by Gasteiger charge is -2.14. The van der Waals surface area contributed by atoms with Crippen molar-refractivity contribution in [3.63, 3.8) is 0 Å². The lowest BCUT2D eigenvalue weighted by molar-refractivity contribution is -0.0100. The van der Waals surface area contributed by atoms with E-state index >= 15 is 0 Å². The zero-order chi connectivity index (χ0) is 17.9. The Morgan fingerprint density at radius 3 is 2.83 bits per heavy atom. The summed E-state index contributed by atoms with van der Waals surface area (Å²) in [5.74, 6) is 5.47. The monoisotopic (exact) mass is 357 g/mol. The van der Waals surface area contributed by atoms with Crippen molar-refractivity contribution in [2.75, 3.05) is 11.9 Å². The molecule has 0 amide bonds. The highest BCUT2D eigenvalue weighted by Crippen LogP contribution is 2.35. The molecule has 3 atom stereocenters. The molecule has 0 bridgehead atoms. The third kappa shape index (κ3) is 4.90. The SMILES string of the molecule is CC1OC(n2cc(C#CCCCP(=O)(O)O)c(N)nc2=O)CC1O. The van der Waals surface area contributed by atoms with Crippen LogP contribution in [0.25, 0.3) is 0 Å². The van der Waals surface area contributed by atoms with Crippen LogP contribution in [0.2, 0.25) is 0 Å². The molecule has 132 valence electrons. The van der Waals surface area contributed by atoms with E-state index in [1.54, 1.807) is 6.92 Å². The van der Waals surface area contributed by atoms with Crippen LogP contribution in [-0.4, -0.2) is 42.8 Å². The number of aliphatic hydroxyl groups excluding tert-OH is 1. The highest BCUT2D eigenvalue weighted by Gasteiger charge is 2.32. The van der Waals surface area contributed by atoms with E-state index in [1.807, 2.05) is 0 Å². The molecule has 1 fully saturated rings. The summed E-state index contributed by atoms with van der Waals surface area (Å²) >= 11 is 0. The number of aliphatic hydroxyl groups is 1. The van der Waals surface area contributed by atoms with Gasteiger partial charge in [0.2, 0.25) is 0 Å². The van der Waals surface area contributed by atoms with Crippen LogP contribution in [0, 0.1) is 11.8 Å². The van der Waals surface area contributed by atoms with Crippen molar-refractivity contribution in [3.05, 3.63) is 22.2 Å². The number of nitrogens with zero attached hydrogens (tertiary/aromatic N) is 2. The number of rotatable bonds is 4. The number of hydrogen-bond acceptors (Lipinski definition) is 6. The van der Waals surface area contributed by atoms with Gasteiger partial charge in [-0.3, -0.25) is 9.13 Å². The highest BCUT2D eigenvalue weighted by atomic mass is 31.2. The molecule has 5 N–H and O–H groups in total. The number of aromatic nitrogens is 2. The summed E-state index contributed by atoms with van der Waals surface area (Å²) in [5, 5.41) is 9.73. The molecular formula is C14H20N3O6P. The maximum atomic E-state index is 12.0. The predicted molar refractivity (Wildman–Crippen MR) is 86.1 cm³/mol. The summed E-state index contributed by atoms with van der Waals surface area (Å²) < 4.78 is 17.5. The first-order chi connectivity index (χ1) is 11.2. The van der Waals surface area contributed by atoms with Crippen molar-refractivity contribution in [2.45, 2.75) is 44.6 Å². The van der Waals surface area contributed by atoms with Gasteiger partial charge in [-0.05, 0) is 13.3 Å². The first kappa shape index (κ1) is 18.6. The molecule has 24 heavy (non-hydrogen) atoms. The summed E-state index contributed by atoms with van der Waals surface area (Å²) in [7, 11) is -4.02. The van der Waals surface area contributed by atoms with Gasteiger partial charge in [0.1, 0.15) is 12.0 Å². The van der Waals surface area contributed by atoms with Gasteiger partial charge in [-0.15, -0.1) is 0 Å². The number of nitrogens with two attached hydrogens (primary N) is 1. The van der Waals surface area contributed by atoms with Gasteiger partial charge in [-0.1, -0.05) is 11.8 Å². The molecule has 0 radical (unpaired) electrons. The minimum absolute atomic E-state index is 0.0228. The third-order valence-electron chi connectivity index (χ3n) is 3.62. The first-order valence-electron chi connectivity index (χ1n) is 7.43. The molecule has 1 aromatic heterocycles. The molecular weight excluding hydrogens is 337 g/mol. The van der Waals surface area contributed by atoms with Gasteiger partial charge in [0, 0.05) is 19.0 Å². The summed E-state index contributed by atoms with van der Waals surface area (Å²) in [6.07, 6.45) is 0.298. The predicted octanol–water partition coefficient (Wildman–Crippen LogP) is -0.197. The molecule has 9 nitrogen and oxygen atoms in total. The minimum Gasteiger partial charge on any atom is -0.390 e. The number of hydrogen-bond donors (Lipinski definition) is 4. The van der Waals surface area contributed by atoms with Crippen molar-refractivity contribution in [2.24, 2.45) is 0 Å². The average molecular weight is 357 g/mol. The lowest BCUT2D eigenvalue weighted by Crippen LogP contribution is -2.28. The summed E-state index contributed by atoms with van der Waals surface area (Å²) in [6, 6.07) is 0. The Bertz CT molecular complexity index is 752. The number of unbranched alkanes of at least 4 members (excludes halogenated alkanes) is 1. The van der Waals surface area contributed by atoms with Crippen LogP contribution >= 0.6 is 7.60 Å². The van der Waals surface area contributed by atoms with Gasteiger partial charge >= 0.3 is 13.3 Å². The number of anilines is 1. The van der Waals surface area contributed by atoms with Crippen LogP contribution in [0.5, 0.6) is 0 Å². The zero-order valence-electron chi connectivity index (χ0n) is 13.1. The van der Waals surface area contributed by atoms with Crippen molar-refractivity contribution in [1.29, 1.82) is 0 Å². The van der Waals surface area contributed by atoms with Crippen LogP contribution in [-0.2, 0) is 9.30 Å². The Hall–Kier alpha value is -1.69. The second-order valence-electron chi connectivity index (χ2n) is 5.62. The number of nitrogen functional groups attached to an aromatic ring is 1. The van der Waals surface area contributed by atoms with E-state index in [1.165, 1.54) is 10.8 Å². The van der Waals surface area contributed by atoms with Crippen molar-refractivity contribution in [1.82, 2.24) is 9.55 Å². The third-order valence-corrected chi connectivity index (χ3v) is 4.52. The minimum atomic E-state index is -4.02. The number of ether oxygens (including phenoxy) is 1. The van der Waals surface area contributed by atoms with E-state index in [0.717, 1.165) is 0 Å². The largest absolute Gasteiger partial charge is 0.390 e. The van der Waals surface area contributed by atoms with Crippen molar-refractivity contribution in [3.8, 4) is 11.8 Å². The fourth-order valence-corrected chi connectivity index (χ4v) is 2.86. The van der Waals surface area contributed by atoms with Gasteiger partial charge in [-0.25, -0.2) is 4.79 Å². The van der Waals surface area contributed by atoms with Gasteiger partial charge in [-0.2, -0.15) is 4.98 Å². The zero-order valence-corrected chi connectivity index (χ0v) is 14.0. The molecule has 2 heterocycles. The second-order valence-corrected chi connectivity index (χ2v) is 7.40. The van der Waals surface area contributed by atoms with Crippen molar-refractivity contribution >= 4 is 13.4 Å². The smallest absolute Gasteiger partial charge is 0.351 e. The van der Waals surface area contributed by atoms with E-state index in [0.29, 0.717) is 5.56 Å². The maximum Gasteiger partial charge on any atom is 0.351 e. The van der Waals surface area contributed by atoms with Crippen LogP contribution in [0.4, 0.5) is 5.82 Å². The molecule has 0 aromatic carbocycles. The molecule has 1 aliphatic heterocycles. The highest BCUT2D eigenvalue weighted by molar-refractivity contribution is 7.51. The Balaban J connectivity index is 2.13. The molecule has 10 heteroatoms. The van der Waals surface area contributed by atoms with Gasteiger partial charge < -0.3 is 25.4 Å². The molecule has 0 aliphatic carbocycles. The fraction of sp³-hybridized carbons (Fsp3) is 0.571. The topological polar surface area (TPSA) is 148 Å². The molecule has 0 spiro atoms. The van der Waals surface area contributed by atoms with Crippen molar-refractivity contribution < 1.29 is 24.2 Å². The van der Waals surface area contributed by atoms with Gasteiger partial charge in [0.15, 0.2) is 0 Å². The van der Waals surface area contributed by atoms with Crippen LogP contribution in [0.15, 0.2) is 11.0 Å². The molecule has 0 saturated carbocycles. The normalized spacial score (nSPS) is 23.8. The quantitative estimate of drug-likeness (QED) is 0.329. The summed E-state index contributed by atoms with van der Waals surface area (Å²) in [5.41, 5.74) is 5.42. The molecule has 2 rings (SSSR count). The van der Waals surface area contributed by atoms with Gasteiger partial charge in [0.05, 0.1) is 23.9 Å². The second kappa shape index (κ2) is 7.47. The van der Waals surface area contributed by atoms with E-state index in [9.17, 15) is 14.5 Å². The molecule has 1 saturated heterocycles. The first-order valence-corrected chi connectivity index (χ1v) is 9.23. The van der Waals surface area contributed by atoms with Crippen LogP contribution in [0.3, 0.4) is 0 Å². The van der Waals surface area contributed by atoms with E-state index in [-0.39, 0.29) is 37.3 Å². The standard InChI is InChI=1S/C14H20N3O6P/c1-9-11(18)7-12(23-9)17-8-10(13(15)16-14(17)19)5-3-2-4-6-24(20,21)22/h8-9,11-12,18H,2,4,6-7H2,1H3,(H2,15,16,19)(H2,20,21,22). The Labute approximate surface area is 138 Å². The summed E-state index contributed by atoms with van der Waals surface area (Å²) in [6.45, 7) is 1.71. The molecule has 1 aliphatic rings. The molecule has 1 aromatic rings. The Morgan fingerprint density at radius 1 is 1.54 bits per heavy atom. The van der Waals surface area contributed by atoms with E-state index < -0.39 is 25.6 Å². The van der Waals surface area contributed by atoms with Crippen LogP contribution < -0.4 is 11.4 Å². The van der Waals surface area contributed by atoms with E-state index in [4.69, 9.17) is 20.3 Å². The molecule has 3 unspecified atom stereocenters. The average Bonchev–Trinajstić information content (AvgIpc) is 2.79. The van der Waals surface area contributed by atoms with Gasteiger partial charge in [0.25, 0.3) is 0 Å². The maximum absolute atomic E-state index is 12.0. The Morgan fingerprint density at radius 2 is 2.25 bits per heavy atom. The Kier molecular flexibility index (Phi) is 5.80.